The summed E-state index contributed by atoms with van der Waals surface area (Å²) in [6, 6.07) is 13.0. The van der Waals surface area contributed by atoms with Crippen LogP contribution in [0.15, 0.2) is 67.0 Å². The van der Waals surface area contributed by atoms with E-state index in [-0.39, 0.29) is 18.0 Å². The number of alkyl halides is 3. The molecular weight excluding hydrogens is 359 g/mol. The second-order valence-corrected chi connectivity index (χ2v) is 5.58. The van der Waals surface area contributed by atoms with Crippen molar-refractivity contribution in [3.63, 3.8) is 0 Å². The van der Waals surface area contributed by atoms with E-state index in [4.69, 9.17) is 4.74 Å². The Morgan fingerprint density at radius 2 is 1.70 bits per heavy atom. The highest BCUT2D eigenvalue weighted by Crippen LogP contribution is 2.29. The lowest BCUT2D eigenvalue weighted by Gasteiger charge is -2.09. The minimum atomic E-state index is -4.44. The molecule has 3 aromatic rings. The van der Waals surface area contributed by atoms with Crippen LogP contribution in [-0.2, 0) is 17.4 Å². The summed E-state index contributed by atoms with van der Waals surface area (Å²) >= 11 is 0. The van der Waals surface area contributed by atoms with Crippen molar-refractivity contribution in [3.8, 4) is 11.8 Å². The maximum absolute atomic E-state index is 12.7. The molecule has 0 bridgehead atoms. The van der Waals surface area contributed by atoms with Crippen LogP contribution in [-0.4, -0.2) is 15.9 Å². The summed E-state index contributed by atoms with van der Waals surface area (Å²) in [5, 5.41) is 2.63. The van der Waals surface area contributed by atoms with E-state index in [0.717, 1.165) is 12.1 Å². The molecule has 5 nitrogen and oxygen atoms in total. The van der Waals surface area contributed by atoms with Gasteiger partial charge in [-0.25, -0.2) is 9.97 Å². The Kier molecular flexibility index (Phi) is 5.35. The van der Waals surface area contributed by atoms with Crippen LogP contribution in [0.3, 0.4) is 0 Å². The average Bonchev–Trinajstić information content (AvgIpc) is 2.64. The lowest BCUT2D eigenvalue weighted by Crippen LogP contribution is -2.15. The van der Waals surface area contributed by atoms with Crippen molar-refractivity contribution in [2.24, 2.45) is 0 Å². The van der Waals surface area contributed by atoms with Crippen molar-refractivity contribution in [1.82, 2.24) is 9.97 Å². The number of hydrogen-bond acceptors (Lipinski definition) is 4. The van der Waals surface area contributed by atoms with Gasteiger partial charge in [0.1, 0.15) is 5.75 Å². The van der Waals surface area contributed by atoms with Crippen LogP contribution in [0.2, 0.25) is 0 Å². The van der Waals surface area contributed by atoms with E-state index < -0.39 is 17.6 Å². The molecule has 0 saturated heterocycles. The maximum atomic E-state index is 12.7. The molecule has 138 valence electrons. The molecule has 0 fully saturated rings. The van der Waals surface area contributed by atoms with E-state index in [2.05, 4.69) is 15.3 Å². The molecule has 1 N–H and O–H groups in total. The zero-order chi connectivity index (χ0) is 19.3. The number of benzene rings is 2. The molecule has 27 heavy (non-hydrogen) atoms. The number of carbonyl (C=O) groups is 1. The van der Waals surface area contributed by atoms with Gasteiger partial charge >= 0.3 is 12.2 Å². The molecule has 0 aliphatic rings. The van der Waals surface area contributed by atoms with E-state index in [1.807, 2.05) is 0 Å². The Bertz CT molecular complexity index is 913. The Morgan fingerprint density at radius 1 is 1.00 bits per heavy atom. The van der Waals surface area contributed by atoms with Crippen molar-refractivity contribution in [1.29, 1.82) is 0 Å². The van der Waals surface area contributed by atoms with E-state index in [1.165, 1.54) is 12.1 Å². The SMILES string of the molecule is O=C(Cc1cccc(C(F)(F)F)c1)Nc1ccc(Oc2ncccn2)cc1. The predicted octanol–water partition coefficient (Wildman–Crippen LogP) is 4.47. The van der Waals surface area contributed by atoms with Crippen LogP contribution >= 0.6 is 0 Å². The van der Waals surface area contributed by atoms with Crippen LogP contribution < -0.4 is 10.1 Å². The first-order chi connectivity index (χ1) is 12.9. The Hall–Kier alpha value is -3.42. The topological polar surface area (TPSA) is 64.1 Å². The molecular formula is C19H14F3N3O2. The molecule has 2 aromatic carbocycles. The Morgan fingerprint density at radius 3 is 2.37 bits per heavy atom. The highest BCUT2D eigenvalue weighted by Gasteiger charge is 2.30. The molecule has 3 rings (SSSR count). The summed E-state index contributed by atoms with van der Waals surface area (Å²) in [4.78, 5) is 19.9. The molecule has 1 heterocycles. The summed E-state index contributed by atoms with van der Waals surface area (Å²) in [5.41, 5.74) is -0.00533. The quantitative estimate of drug-likeness (QED) is 0.717. The normalized spacial score (nSPS) is 11.1. The lowest BCUT2D eigenvalue weighted by atomic mass is 10.1. The fourth-order valence-electron chi connectivity index (χ4n) is 2.30. The lowest BCUT2D eigenvalue weighted by molar-refractivity contribution is -0.137. The second kappa shape index (κ2) is 7.86. The van der Waals surface area contributed by atoms with Gasteiger partial charge in [0.25, 0.3) is 0 Å². The van der Waals surface area contributed by atoms with Gasteiger partial charge in [0.05, 0.1) is 12.0 Å². The number of nitrogens with one attached hydrogen (secondary N) is 1. The number of rotatable bonds is 5. The number of ether oxygens (including phenoxy) is 1. The molecule has 1 aromatic heterocycles. The van der Waals surface area contributed by atoms with Crippen LogP contribution in [0.4, 0.5) is 18.9 Å². The number of amides is 1. The van der Waals surface area contributed by atoms with Gasteiger partial charge in [0.15, 0.2) is 0 Å². The van der Waals surface area contributed by atoms with Crippen LogP contribution in [0.25, 0.3) is 0 Å². The molecule has 0 atom stereocenters. The summed E-state index contributed by atoms with van der Waals surface area (Å²) in [7, 11) is 0. The number of hydrogen-bond donors (Lipinski definition) is 1. The van der Waals surface area contributed by atoms with Gasteiger partial charge in [-0.15, -0.1) is 0 Å². The van der Waals surface area contributed by atoms with Crippen molar-refractivity contribution in [2.45, 2.75) is 12.6 Å². The highest BCUT2D eigenvalue weighted by atomic mass is 19.4. The van der Waals surface area contributed by atoms with E-state index >= 15 is 0 Å². The fraction of sp³-hybridized carbons (Fsp3) is 0.105. The summed E-state index contributed by atoms with van der Waals surface area (Å²) in [6.07, 6.45) is -1.51. The molecule has 0 aliphatic heterocycles. The van der Waals surface area contributed by atoms with Crippen molar-refractivity contribution < 1.29 is 22.7 Å². The van der Waals surface area contributed by atoms with Crippen molar-refractivity contribution in [2.75, 3.05) is 5.32 Å². The number of aromatic nitrogens is 2. The molecule has 0 radical (unpaired) electrons. The highest BCUT2D eigenvalue weighted by molar-refractivity contribution is 5.92. The van der Waals surface area contributed by atoms with Crippen molar-refractivity contribution in [3.05, 3.63) is 78.1 Å². The molecule has 0 aliphatic carbocycles. The number of halogens is 3. The van der Waals surface area contributed by atoms with Crippen molar-refractivity contribution >= 4 is 11.6 Å². The first kappa shape index (κ1) is 18.4. The standard InChI is InChI=1S/C19H14F3N3O2/c20-19(21,22)14-4-1-3-13(11-14)12-17(26)25-15-5-7-16(8-6-15)27-18-23-9-2-10-24-18/h1-11H,12H2,(H,25,26). The van der Waals surface area contributed by atoms with Crippen LogP contribution in [0.1, 0.15) is 11.1 Å². The van der Waals surface area contributed by atoms with Gasteiger partial charge in [0.2, 0.25) is 5.91 Å². The maximum Gasteiger partial charge on any atom is 0.416 e. The molecule has 0 spiro atoms. The van der Waals surface area contributed by atoms with E-state index in [9.17, 15) is 18.0 Å². The number of nitrogens with zero attached hydrogens (tertiary/aromatic N) is 2. The average molecular weight is 373 g/mol. The molecule has 8 heteroatoms. The van der Waals surface area contributed by atoms with Gasteiger partial charge in [-0.05, 0) is 42.0 Å². The Balaban J connectivity index is 1.60. The number of anilines is 1. The van der Waals surface area contributed by atoms with Gasteiger partial charge in [0, 0.05) is 18.1 Å². The smallest absolute Gasteiger partial charge is 0.416 e. The third kappa shape index (κ3) is 5.27. The Labute approximate surface area is 152 Å². The van der Waals surface area contributed by atoms with Gasteiger partial charge in [-0.3, -0.25) is 4.79 Å². The third-order valence-corrected chi connectivity index (χ3v) is 3.51. The fourth-order valence-corrected chi connectivity index (χ4v) is 2.30. The third-order valence-electron chi connectivity index (χ3n) is 3.51. The molecule has 1 amide bonds. The zero-order valence-electron chi connectivity index (χ0n) is 13.9. The first-order valence-corrected chi connectivity index (χ1v) is 7.91. The zero-order valence-corrected chi connectivity index (χ0v) is 13.9. The first-order valence-electron chi connectivity index (χ1n) is 7.91. The van der Waals surface area contributed by atoms with Crippen LogP contribution in [0, 0.1) is 0 Å². The largest absolute Gasteiger partial charge is 0.424 e. The summed E-state index contributed by atoms with van der Waals surface area (Å²) in [6.45, 7) is 0. The minimum absolute atomic E-state index is 0.167. The van der Waals surface area contributed by atoms with Gasteiger partial charge < -0.3 is 10.1 Å². The summed E-state index contributed by atoms with van der Waals surface area (Å²) < 4.78 is 43.6. The second-order valence-electron chi connectivity index (χ2n) is 5.58. The number of carbonyl (C=O) groups excluding carboxylic acids is 1. The van der Waals surface area contributed by atoms with E-state index in [1.54, 1.807) is 42.7 Å². The molecule has 0 saturated carbocycles. The van der Waals surface area contributed by atoms with Gasteiger partial charge in [-0.2, -0.15) is 13.2 Å². The van der Waals surface area contributed by atoms with E-state index in [0.29, 0.717) is 11.4 Å². The van der Waals surface area contributed by atoms with Gasteiger partial charge in [-0.1, -0.05) is 18.2 Å². The predicted molar refractivity (Wildman–Crippen MR) is 92.3 cm³/mol. The molecule has 0 unspecified atom stereocenters. The summed E-state index contributed by atoms with van der Waals surface area (Å²) in [5.74, 6) is 0.0615. The van der Waals surface area contributed by atoms with Crippen LogP contribution in [0.5, 0.6) is 11.8 Å². The monoisotopic (exact) mass is 373 g/mol. The minimum Gasteiger partial charge on any atom is -0.424 e.